The molecule has 1 amide bonds. The molecular formula is C21H26N2OS. The second kappa shape index (κ2) is 9.64. The van der Waals surface area contributed by atoms with Crippen LogP contribution in [0.4, 0.5) is 0 Å². The van der Waals surface area contributed by atoms with E-state index in [2.05, 4.69) is 40.5 Å². The van der Waals surface area contributed by atoms with Crippen LogP contribution in [0.3, 0.4) is 0 Å². The van der Waals surface area contributed by atoms with E-state index in [4.69, 9.17) is 0 Å². The maximum Gasteiger partial charge on any atom is 0.230 e. The van der Waals surface area contributed by atoms with Crippen LogP contribution in [0.15, 0.2) is 65.6 Å². The third-order valence-corrected chi connectivity index (χ3v) is 5.62. The summed E-state index contributed by atoms with van der Waals surface area (Å²) in [5.41, 5.74) is 1.38. The summed E-state index contributed by atoms with van der Waals surface area (Å²) >= 11 is 1.59. The maximum absolute atomic E-state index is 12.0. The molecular weight excluding hydrogens is 328 g/mol. The Morgan fingerprint density at radius 2 is 1.80 bits per heavy atom. The SMILES string of the molecule is O=C(CSc1ccccc1)NCC[C@H]1CCN(Cc2ccccc2)C1. The number of amides is 1. The van der Waals surface area contributed by atoms with Gasteiger partial charge < -0.3 is 5.32 Å². The van der Waals surface area contributed by atoms with E-state index in [0.717, 1.165) is 37.5 Å². The molecule has 3 rings (SSSR count). The highest BCUT2D eigenvalue weighted by Gasteiger charge is 2.22. The first kappa shape index (κ1) is 18.0. The Labute approximate surface area is 154 Å². The average Bonchev–Trinajstić information content (AvgIpc) is 3.09. The Kier molecular flexibility index (Phi) is 6.95. The van der Waals surface area contributed by atoms with Gasteiger partial charge in [-0.25, -0.2) is 0 Å². The summed E-state index contributed by atoms with van der Waals surface area (Å²) in [5.74, 6) is 1.33. The first-order valence-corrected chi connectivity index (χ1v) is 9.99. The van der Waals surface area contributed by atoms with Crippen molar-refractivity contribution in [2.24, 2.45) is 5.92 Å². The van der Waals surface area contributed by atoms with Crippen molar-refractivity contribution in [3.8, 4) is 0 Å². The van der Waals surface area contributed by atoms with Crippen LogP contribution < -0.4 is 5.32 Å². The van der Waals surface area contributed by atoms with Gasteiger partial charge in [0, 0.05) is 24.5 Å². The van der Waals surface area contributed by atoms with E-state index in [1.165, 1.54) is 12.0 Å². The molecule has 0 radical (unpaired) electrons. The van der Waals surface area contributed by atoms with Crippen LogP contribution in [0.2, 0.25) is 0 Å². The minimum Gasteiger partial charge on any atom is -0.355 e. The van der Waals surface area contributed by atoms with Crippen LogP contribution in [-0.2, 0) is 11.3 Å². The minimum atomic E-state index is 0.132. The predicted molar refractivity (Wildman–Crippen MR) is 105 cm³/mol. The summed E-state index contributed by atoms with van der Waals surface area (Å²) < 4.78 is 0. The van der Waals surface area contributed by atoms with Gasteiger partial charge in [0.2, 0.25) is 5.91 Å². The smallest absolute Gasteiger partial charge is 0.230 e. The van der Waals surface area contributed by atoms with Crippen molar-refractivity contribution in [3.05, 3.63) is 66.2 Å². The fourth-order valence-electron chi connectivity index (χ4n) is 3.27. The van der Waals surface area contributed by atoms with Gasteiger partial charge in [0.25, 0.3) is 0 Å². The monoisotopic (exact) mass is 354 g/mol. The number of benzene rings is 2. The Hall–Kier alpha value is -1.78. The molecule has 2 aromatic rings. The van der Waals surface area contributed by atoms with E-state index in [-0.39, 0.29) is 5.91 Å². The normalized spacial score (nSPS) is 17.5. The lowest BCUT2D eigenvalue weighted by Crippen LogP contribution is -2.28. The summed E-state index contributed by atoms with van der Waals surface area (Å²) in [6, 6.07) is 20.7. The number of thioether (sulfide) groups is 1. The van der Waals surface area contributed by atoms with Crippen molar-refractivity contribution in [1.82, 2.24) is 10.2 Å². The van der Waals surface area contributed by atoms with Crippen LogP contribution in [0, 0.1) is 5.92 Å². The highest BCUT2D eigenvalue weighted by Crippen LogP contribution is 2.21. The first-order valence-electron chi connectivity index (χ1n) is 9.00. The molecule has 3 nitrogen and oxygen atoms in total. The molecule has 1 aliphatic rings. The van der Waals surface area contributed by atoms with Gasteiger partial charge in [-0.1, -0.05) is 48.5 Å². The van der Waals surface area contributed by atoms with E-state index in [1.54, 1.807) is 11.8 Å². The second-order valence-corrected chi connectivity index (χ2v) is 7.66. The van der Waals surface area contributed by atoms with E-state index in [1.807, 2.05) is 30.3 Å². The fraction of sp³-hybridized carbons (Fsp3) is 0.381. The van der Waals surface area contributed by atoms with Crippen LogP contribution >= 0.6 is 11.8 Å². The highest BCUT2D eigenvalue weighted by molar-refractivity contribution is 8.00. The number of carbonyl (C=O) groups excluding carboxylic acids is 1. The van der Waals surface area contributed by atoms with Crippen molar-refractivity contribution >= 4 is 17.7 Å². The van der Waals surface area contributed by atoms with Gasteiger partial charge in [-0.05, 0) is 43.0 Å². The van der Waals surface area contributed by atoms with Crippen molar-refractivity contribution < 1.29 is 4.79 Å². The second-order valence-electron chi connectivity index (χ2n) is 6.62. The topological polar surface area (TPSA) is 32.3 Å². The molecule has 1 fully saturated rings. The standard InChI is InChI=1S/C21H26N2OS/c24-21(17-25-20-9-5-2-6-10-20)22-13-11-19-12-14-23(16-19)15-18-7-3-1-4-8-18/h1-10,19H,11-17H2,(H,22,24)/t19-/m0/s1. The van der Waals surface area contributed by atoms with Crippen LogP contribution in [-0.4, -0.2) is 36.2 Å². The highest BCUT2D eigenvalue weighted by atomic mass is 32.2. The van der Waals surface area contributed by atoms with Crippen molar-refractivity contribution in [1.29, 1.82) is 0 Å². The fourth-order valence-corrected chi connectivity index (χ4v) is 4.02. The lowest BCUT2D eigenvalue weighted by Gasteiger charge is -2.16. The molecule has 2 aromatic carbocycles. The molecule has 1 aliphatic heterocycles. The summed E-state index contributed by atoms with van der Waals surface area (Å²) in [4.78, 5) is 15.6. The number of nitrogens with one attached hydrogen (secondary N) is 1. The van der Waals surface area contributed by atoms with Crippen molar-refractivity contribution in [2.45, 2.75) is 24.3 Å². The van der Waals surface area contributed by atoms with Crippen LogP contribution in [0.25, 0.3) is 0 Å². The largest absolute Gasteiger partial charge is 0.355 e. The van der Waals surface area contributed by atoms with Gasteiger partial charge in [-0.3, -0.25) is 9.69 Å². The van der Waals surface area contributed by atoms with Crippen LogP contribution in [0.5, 0.6) is 0 Å². The number of hydrogen-bond donors (Lipinski definition) is 1. The van der Waals surface area contributed by atoms with E-state index < -0.39 is 0 Å². The number of rotatable bonds is 8. The molecule has 1 saturated heterocycles. The number of carbonyl (C=O) groups is 1. The minimum absolute atomic E-state index is 0.132. The number of hydrogen-bond acceptors (Lipinski definition) is 3. The Balaban J connectivity index is 1.29. The molecule has 25 heavy (non-hydrogen) atoms. The van der Waals surface area contributed by atoms with Gasteiger partial charge >= 0.3 is 0 Å². The van der Waals surface area contributed by atoms with Gasteiger partial charge in [-0.15, -0.1) is 11.8 Å². The summed E-state index contributed by atoms with van der Waals surface area (Å²) in [6.07, 6.45) is 2.31. The third kappa shape index (κ3) is 6.22. The molecule has 4 heteroatoms. The zero-order valence-corrected chi connectivity index (χ0v) is 15.4. The zero-order chi connectivity index (χ0) is 17.3. The summed E-state index contributed by atoms with van der Waals surface area (Å²) in [7, 11) is 0. The van der Waals surface area contributed by atoms with E-state index >= 15 is 0 Å². The summed E-state index contributed by atoms with van der Waals surface area (Å²) in [6.45, 7) is 4.14. The molecule has 0 aromatic heterocycles. The van der Waals surface area contributed by atoms with Gasteiger partial charge in [0.05, 0.1) is 5.75 Å². The predicted octanol–water partition coefficient (Wildman–Crippen LogP) is 3.81. The molecule has 1 atom stereocenters. The molecule has 0 aliphatic carbocycles. The van der Waals surface area contributed by atoms with Crippen LogP contribution in [0.1, 0.15) is 18.4 Å². The quantitative estimate of drug-likeness (QED) is 0.732. The van der Waals surface area contributed by atoms with E-state index in [9.17, 15) is 4.79 Å². The third-order valence-electron chi connectivity index (χ3n) is 4.61. The molecule has 132 valence electrons. The lowest BCUT2D eigenvalue weighted by atomic mass is 10.1. The van der Waals surface area contributed by atoms with Gasteiger partial charge in [0.1, 0.15) is 0 Å². The van der Waals surface area contributed by atoms with Crippen molar-refractivity contribution in [3.63, 3.8) is 0 Å². The van der Waals surface area contributed by atoms with E-state index in [0.29, 0.717) is 11.7 Å². The number of nitrogens with zero attached hydrogens (tertiary/aromatic N) is 1. The van der Waals surface area contributed by atoms with Gasteiger partial charge in [-0.2, -0.15) is 0 Å². The zero-order valence-electron chi connectivity index (χ0n) is 14.6. The Morgan fingerprint density at radius 3 is 2.56 bits per heavy atom. The lowest BCUT2D eigenvalue weighted by molar-refractivity contribution is -0.118. The Morgan fingerprint density at radius 1 is 1.08 bits per heavy atom. The molecule has 0 spiro atoms. The molecule has 0 saturated carbocycles. The molecule has 0 unspecified atom stereocenters. The summed E-state index contributed by atoms with van der Waals surface area (Å²) in [5, 5.41) is 3.07. The first-order chi connectivity index (χ1) is 12.3. The number of likely N-dealkylation sites (tertiary alicyclic amines) is 1. The van der Waals surface area contributed by atoms with Crippen molar-refractivity contribution in [2.75, 3.05) is 25.4 Å². The molecule has 1 heterocycles. The Bertz CT molecular complexity index is 647. The molecule has 1 N–H and O–H groups in total. The average molecular weight is 355 g/mol. The van der Waals surface area contributed by atoms with Gasteiger partial charge in [0.15, 0.2) is 0 Å². The molecule has 0 bridgehead atoms. The maximum atomic E-state index is 12.0.